The fourth-order valence-electron chi connectivity index (χ4n) is 2.18. The lowest BCUT2D eigenvalue weighted by Crippen LogP contribution is -2.22. The SMILES string of the molecule is COc1ccc(CC(=O)N/N=C(/C)CC(=O)Nc2ccc(Cl)cc2Cl)cc1. The van der Waals surface area contributed by atoms with Gasteiger partial charge in [0.1, 0.15) is 5.75 Å². The first-order valence-electron chi connectivity index (χ1n) is 8.07. The lowest BCUT2D eigenvalue weighted by atomic mass is 10.1. The normalized spacial score (nSPS) is 11.0. The molecule has 0 radical (unpaired) electrons. The van der Waals surface area contributed by atoms with E-state index in [0.717, 1.165) is 11.3 Å². The predicted molar refractivity (Wildman–Crippen MR) is 108 cm³/mol. The highest BCUT2D eigenvalue weighted by atomic mass is 35.5. The number of benzene rings is 2. The van der Waals surface area contributed by atoms with Gasteiger partial charge < -0.3 is 10.1 Å². The van der Waals surface area contributed by atoms with Crippen LogP contribution in [0.15, 0.2) is 47.6 Å². The Morgan fingerprint density at radius 3 is 2.41 bits per heavy atom. The number of ether oxygens (including phenoxy) is 1. The fraction of sp³-hybridized carbons (Fsp3) is 0.211. The minimum absolute atomic E-state index is 0.0156. The highest BCUT2D eigenvalue weighted by Crippen LogP contribution is 2.25. The molecule has 2 aromatic rings. The van der Waals surface area contributed by atoms with Gasteiger partial charge in [-0.05, 0) is 42.8 Å². The van der Waals surface area contributed by atoms with Gasteiger partial charge >= 0.3 is 0 Å². The minimum Gasteiger partial charge on any atom is -0.497 e. The van der Waals surface area contributed by atoms with Gasteiger partial charge in [0.25, 0.3) is 0 Å². The summed E-state index contributed by atoms with van der Waals surface area (Å²) in [5.74, 6) is 0.144. The van der Waals surface area contributed by atoms with Crippen LogP contribution in [0.1, 0.15) is 18.9 Å². The number of amides is 2. The van der Waals surface area contributed by atoms with Gasteiger partial charge in [0.05, 0.1) is 30.7 Å². The minimum atomic E-state index is -0.301. The van der Waals surface area contributed by atoms with E-state index < -0.39 is 0 Å². The van der Waals surface area contributed by atoms with E-state index in [1.54, 1.807) is 56.5 Å². The summed E-state index contributed by atoms with van der Waals surface area (Å²) < 4.78 is 5.07. The number of hydrogen-bond acceptors (Lipinski definition) is 4. The number of anilines is 1. The van der Waals surface area contributed by atoms with Crippen LogP contribution in [0.5, 0.6) is 5.75 Å². The molecule has 0 atom stereocenters. The van der Waals surface area contributed by atoms with Crippen molar-refractivity contribution in [3.63, 3.8) is 0 Å². The molecule has 2 N–H and O–H groups in total. The Bertz CT molecular complexity index is 852. The summed E-state index contributed by atoms with van der Waals surface area (Å²) in [6.45, 7) is 1.65. The van der Waals surface area contributed by atoms with E-state index in [1.165, 1.54) is 0 Å². The smallest absolute Gasteiger partial charge is 0.244 e. The molecular formula is C19H19Cl2N3O3. The topological polar surface area (TPSA) is 79.8 Å². The lowest BCUT2D eigenvalue weighted by Gasteiger charge is -2.08. The maximum atomic E-state index is 12.0. The summed E-state index contributed by atoms with van der Waals surface area (Å²) in [5, 5.41) is 7.45. The first-order chi connectivity index (χ1) is 12.9. The quantitative estimate of drug-likeness (QED) is 0.536. The highest BCUT2D eigenvalue weighted by molar-refractivity contribution is 6.36. The van der Waals surface area contributed by atoms with Crippen LogP contribution in [0.3, 0.4) is 0 Å². The van der Waals surface area contributed by atoms with Crippen LogP contribution in [0.2, 0.25) is 10.0 Å². The Kier molecular flexibility index (Phi) is 7.64. The third kappa shape index (κ3) is 6.92. The van der Waals surface area contributed by atoms with Crippen LogP contribution in [0.25, 0.3) is 0 Å². The van der Waals surface area contributed by atoms with Crippen molar-refractivity contribution in [2.75, 3.05) is 12.4 Å². The molecule has 0 aliphatic heterocycles. The van der Waals surface area contributed by atoms with Crippen molar-refractivity contribution in [3.8, 4) is 5.75 Å². The van der Waals surface area contributed by atoms with E-state index in [0.29, 0.717) is 21.4 Å². The number of nitrogens with one attached hydrogen (secondary N) is 2. The van der Waals surface area contributed by atoms with E-state index in [1.807, 2.05) is 0 Å². The number of halogens is 2. The highest BCUT2D eigenvalue weighted by Gasteiger charge is 2.09. The molecule has 142 valence electrons. The Morgan fingerprint density at radius 1 is 1.07 bits per heavy atom. The molecule has 2 rings (SSSR count). The summed E-state index contributed by atoms with van der Waals surface area (Å²) in [6.07, 6.45) is 0.190. The summed E-state index contributed by atoms with van der Waals surface area (Å²) in [5.41, 5.74) is 4.19. The van der Waals surface area contributed by atoms with Crippen molar-refractivity contribution in [2.45, 2.75) is 19.8 Å². The molecule has 0 fully saturated rings. The summed E-state index contributed by atoms with van der Waals surface area (Å²) in [4.78, 5) is 24.0. The molecule has 0 saturated carbocycles. The van der Waals surface area contributed by atoms with Gasteiger partial charge in [-0.2, -0.15) is 5.10 Å². The largest absolute Gasteiger partial charge is 0.497 e. The van der Waals surface area contributed by atoms with E-state index in [4.69, 9.17) is 27.9 Å². The number of methoxy groups -OCH3 is 1. The molecule has 8 heteroatoms. The first kappa shape index (κ1) is 20.7. The van der Waals surface area contributed by atoms with Gasteiger partial charge in [-0.15, -0.1) is 0 Å². The van der Waals surface area contributed by atoms with Crippen molar-refractivity contribution in [1.29, 1.82) is 0 Å². The third-order valence-electron chi connectivity index (χ3n) is 3.52. The van der Waals surface area contributed by atoms with Crippen molar-refractivity contribution < 1.29 is 14.3 Å². The van der Waals surface area contributed by atoms with Gasteiger partial charge in [-0.25, -0.2) is 5.43 Å². The maximum Gasteiger partial charge on any atom is 0.244 e. The van der Waals surface area contributed by atoms with Gasteiger partial charge in [0.15, 0.2) is 0 Å². The molecule has 0 saturated heterocycles. The van der Waals surface area contributed by atoms with Gasteiger partial charge in [-0.3, -0.25) is 9.59 Å². The summed E-state index contributed by atoms with van der Waals surface area (Å²) in [7, 11) is 1.58. The second-order valence-electron chi connectivity index (χ2n) is 5.76. The molecule has 0 spiro atoms. The average molecular weight is 408 g/mol. The Balaban J connectivity index is 1.83. The number of carbonyl (C=O) groups excluding carboxylic acids is 2. The molecule has 0 aliphatic rings. The zero-order valence-electron chi connectivity index (χ0n) is 14.9. The average Bonchev–Trinajstić information content (AvgIpc) is 2.63. The molecular weight excluding hydrogens is 389 g/mol. The predicted octanol–water partition coefficient (Wildman–Crippen LogP) is 4.07. The number of hydrogen-bond donors (Lipinski definition) is 2. The molecule has 2 amide bonds. The Hall–Kier alpha value is -2.57. The molecule has 0 unspecified atom stereocenters. The number of rotatable bonds is 7. The molecule has 2 aromatic carbocycles. The van der Waals surface area contributed by atoms with E-state index in [2.05, 4.69) is 15.8 Å². The lowest BCUT2D eigenvalue weighted by molar-refractivity contribution is -0.120. The van der Waals surface area contributed by atoms with Crippen molar-refractivity contribution in [1.82, 2.24) is 5.43 Å². The first-order valence-corrected chi connectivity index (χ1v) is 8.83. The molecule has 0 aromatic heterocycles. The van der Waals surface area contributed by atoms with Crippen LogP contribution < -0.4 is 15.5 Å². The van der Waals surface area contributed by atoms with Crippen LogP contribution in [0, 0.1) is 0 Å². The second-order valence-corrected chi connectivity index (χ2v) is 6.60. The maximum absolute atomic E-state index is 12.0. The van der Waals surface area contributed by atoms with Crippen molar-refractivity contribution in [2.24, 2.45) is 5.10 Å². The zero-order chi connectivity index (χ0) is 19.8. The third-order valence-corrected chi connectivity index (χ3v) is 4.06. The monoisotopic (exact) mass is 407 g/mol. The van der Waals surface area contributed by atoms with Gasteiger partial charge in [-0.1, -0.05) is 35.3 Å². The van der Waals surface area contributed by atoms with E-state index in [9.17, 15) is 9.59 Å². The molecule has 0 bridgehead atoms. The van der Waals surface area contributed by atoms with Crippen molar-refractivity contribution in [3.05, 3.63) is 58.1 Å². The van der Waals surface area contributed by atoms with E-state index >= 15 is 0 Å². The number of hydrazone groups is 1. The van der Waals surface area contributed by atoms with E-state index in [-0.39, 0.29) is 24.7 Å². The molecule has 6 nitrogen and oxygen atoms in total. The van der Waals surface area contributed by atoms with Crippen LogP contribution in [-0.2, 0) is 16.0 Å². The summed E-state index contributed by atoms with van der Waals surface area (Å²) >= 11 is 11.8. The number of carbonyl (C=O) groups is 2. The zero-order valence-corrected chi connectivity index (χ0v) is 16.4. The van der Waals surface area contributed by atoms with Gasteiger partial charge in [0, 0.05) is 10.7 Å². The van der Waals surface area contributed by atoms with Crippen LogP contribution >= 0.6 is 23.2 Å². The molecule has 0 aliphatic carbocycles. The number of nitrogens with zero attached hydrogens (tertiary/aromatic N) is 1. The Morgan fingerprint density at radius 2 is 1.78 bits per heavy atom. The van der Waals surface area contributed by atoms with Crippen LogP contribution in [-0.4, -0.2) is 24.6 Å². The summed E-state index contributed by atoms with van der Waals surface area (Å²) in [6, 6.07) is 12.0. The second kappa shape index (κ2) is 9.94. The van der Waals surface area contributed by atoms with Crippen LogP contribution in [0.4, 0.5) is 5.69 Å². The standard InChI is InChI=1S/C19H19Cl2N3O3/c1-12(9-18(25)22-17-8-5-14(20)11-16(17)21)23-24-19(26)10-13-3-6-15(27-2)7-4-13/h3-8,11H,9-10H2,1-2H3,(H,22,25)(H,24,26)/b23-12-. The fourth-order valence-corrected chi connectivity index (χ4v) is 2.64. The molecule has 0 heterocycles. The Labute approximate surface area is 167 Å². The molecule has 27 heavy (non-hydrogen) atoms. The van der Waals surface area contributed by atoms with Crippen molar-refractivity contribution >= 4 is 46.4 Å². The van der Waals surface area contributed by atoms with Gasteiger partial charge in [0.2, 0.25) is 11.8 Å².